The Hall–Kier alpha value is -4.17. The molecule has 1 aliphatic carbocycles. The molecule has 6 rings (SSSR count). The summed E-state index contributed by atoms with van der Waals surface area (Å²) < 4.78 is 14.8. The Kier molecular flexibility index (Phi) is 4.77. The minimum Gasteiger partial charge on any atom is -0.308 e. The molecule has 33 heavy (non-hydrogen) atoms. The summed E-state index contributed by atoms with van der Waals surface area (Å²) in [7, 11) is 0. The quantitative estimate of drug-likeness (QED) is 0.272. The van der Waals surface area contributed by atoms with Gasteiger partial charge in [0.1, 0.15) is 5.82 Å². The number of rotatable bonds is 4. The van der Waals surface area contributed by atoms with Crippen LogP contribution < -0.4 is 4.90 Å². The van der Waals surface area contributed by atoms with Gasteiger partial charge in [0.2, 0.25) is 0 Å². The zero-order valence-electron chi connectivity index (χ0n) is 18.1. The second-order valence-electron chi connectivity index (χ2n) is 8.38. The maximum absolute atomic E-state index is 14.8. The molecular formula is C31H22FN. The van der Waals surface area contributed by atoms with Crippen molar-refractivity contribution in [1.29, 1.82) is 0 Å². The Balaban J connectivity index is 1.39. The van der Waals surface area contributed by atoms with Gasteiger partial charge in [-0.15, -0.1) is 0 Å². The highest BCUT2D eigenvalue weighted by Gasteiger charge is 2.19. The molecule has 0 N–H and O–H groups in total. The maximum atomic E-state index is 14.8. The highest BCUT2D eigenvalue weighted by Crippen LogP contribution is 2.40. The van der Waals surface area contributed by atoms with Gasteiger partial charge < -0.3 is 4.90 Å². The van der Waals surface area contributed by atoms with Gasteiger partial charge in [-0.3, -0.25) is 0 Å². The predicted molar refractivity (Wildman–Crippen MR) is 135 cm³/mol. The van der Waals surface area contributed by atoms with E-state index < -0.39 is 0 Å². The van der Waals surface area contributed by atoms with E-state index in [0.29, 0.717) is 5.69 Å². The first-order valence-electron chi connectivity index (χ1n) is 11.2. The van der Waals surface area contributed by atoms with Crippen LogP contribution in [0.1, 0.15) is 11.1 Å². The van der Waals surface area contributed by atoms with Gasteiger partial charge in [-0.2, -0.15) is 0 Å². The highest BCUT2D eigenvalue weighted by molar-refractivity contribution is 5.83. The van der Waals surface area contributed by atoms with E-state index in [1.807, 2.05) is 47.4 Å². The SMILES string of the molecule is Fc1ccccc1N(c1ccccc1)c1ccc(-c2ccc3c(c2)-c2ccccc2C3)cc1. The van der Waals surface area contributed by atoms with E-state index in [-0.39, 0.29) is 5.82 Å². The topological polar surface area (TPSA) is 3.24 Å². The van der Waals surface area contributed by atoms with Crippen molar-refractivity contribution in [3.8, 4) is 22.3 Å². The van der Waals surface area contributed by atoms with E-state index in [4.69, 9.17) is 0 Å². The third-order valence-electron chi connectivity index (χ3n) is 6.36. The van der Waals surface area contributed by atoms with Crippen LogP contribution in [0, 0.1) is 5.82 Å². The predicted octanol–water partition coefficient (Wildman–Crippen LogP) is 8.53. The number of fused-ring (bicyclic) bond motifs is 3. The van der Waals surface area contributed by atoms with Crippen LogP contribution in [0.2, 0.25) is 0 Å². The van der Waals surface area contributed by atoms with Crippen molar-refractivity contribution in [3.05, 3.63) is 138 Å². The number of hydrogen-bond donors (Lipinski definition) is 0. The van der Waals surface area contributed by atoms with Gasteiger partial charge in [0.25, 0.3) is 0 Å². The smallest absolute Gasteiger partial charge is 0.147 e. The summed E-state index contributed by atoms with van der Waals surface area (Å²) in [5.41, 5.74) is 10.1. The molecule has 2 heteroatoms. The van der Waals surface area contributed by atoms with Gasteiger partial charge in [-0.25, -0.2) is 4.39 Å². The Morgan fingerprint density at radius 3 is 1.97 bits per heavy atom. The molecule has 0 fully saturated rings. The van der Waals surface area contributed by atoms with Crippen molar-refractivity contribution in [2.75, 3.05) is 4.90 Å². The molecular weight excluding hydrogens is 405 g/mol. The number of benzene rings is 5. The van der Waals surface area contributed by atoms with Crippen molar-refractivity contribution in [2.24, 2.45) is 0 Å². The molecule has 0 aromatic heterocycles. The first kappa shape index (κ1) is 19.5. The molecule has 158 valence electrons. The molecule has 0 saturated heterocycles. The van der Waals surface area contributed by atoms with Crippen LogP contribution in [0.5, 0.6) is 0 Å². The Labute approximate surface area is 193 Å². The zero-order valence-corrected chi connectivity index (χ0v) is 18.1. The number of para-hydroxylation sites is 2. The molecule has 0 unspecified atom stereocenters. The molecule has 0 radical (unpaired) electrons. The molecule has 0 spiro atoms. The van der Waals surface area contributed by atoms with Crippen LogP contribution in [0.15, 0.2) is 121 Å². The molecule has 0 aliphatic heterocycles. The average molecular weight is 428 g/mol. The number of hydrogen-bond acceptors (Lipinski definition) is 1. The van der Waals surface area contributed by atoms with Crippen molar-refractivity contribution in [1.82, 2.24) is 0 Å². The monoisotopic (exact) mass is 427 g/mol. The summed E-state index contributed by atoms with van der Waals surface area (Å²) >= 11 is 0. The lowest BCUT2D eigenvalue weighted by Crippen LogP contribution is -2.11. The summed E-state index contributed by atoms with van der Waals surface area (Å²) in [6.07, 6.45) is 0.999. The van der Waals surface area contributed by atoms with Crippen LogP contribution in [0.25, 0.3) is 22.3 Å². The van der Waals surface area contributed by atoms with Crippen molar-refractivity contribution in [3.63, 3.8) is 0 Å². The molecule has 0 bridgehead atoms. The van der Waals surface area contributed by atoms with Gasteiger partial charge in [-0.05, 0) is 82.3 Å². The Morgan fingerprint density at radius 1 is 0.515 bits per heavy atom. The lowest BCUT2D eigenvalue weighted by atomic mass is 9.98. The maximum Gasteiger partial charge on any atom is 0.147 e. The van der Waals surface area contributed by atoms with Crippen molar-refractivity contribution in [2.45, 2.75) is 6.42 Å². The highest BCUT2D eigenvalue weighted by atomic mass is 19.1. The summed E-state index contributed by atoms with van der Waals surface area (Å²) in [5.74, 6) is -0.247. The zero-order chi connectivity index (χ0) is 22.2. The molecule has 0 saturated carbocycles. The summed E-state index contributed by atoms with van der Waals surface area (Å²) in [6, 6.07) is 40.6. The molecule has 0 heterocycles. The van der Waals surface area contributed by atoms with Crippen LogP contribution in [-0.2, 0) is 6.42 Å². The molecule has 5 aromatic rings. The Morgan fingerprint density at radius 2 is 1.15 bits per heavy atom. The lowest BCUT2D eigenvalue weighted by molar-refractivity contribution is 0.629. The van der Waals surface area contributed by atoms with Crippen molar-refractivity contribution >= 4 is 17.1 Å². The first-order valence-corrected chi connectivity index (χ1v) is 11.2. The van der Waals surface area contributed by atoms with E-state index in [2.05, 4.69) is 66.7 Å². The number of nitrogens with zero attached hydrogens (tertiary/aromatic N) is 1. The second kappa shape index (κ2) is 8.07. The van der Waals surface area contributed by atoms with Crippen LogP contribution in [0.4, 0.5) is 21.5 Å². The third-order valence-corrected chi connectivity index (χ3v) is 6.36. The van der Waals surface area contributed by atoms with Gasteiger partial charge in [0.15, 0.2) is 0 Å². The second-order valence-corrected chi connectivity index (χ2v) is 8.38. The van der Waals surface area contributed by atoms with E-state index in [9.17, 15) is 4.39 Å². The van der Waals surface area contributed by atoms with E-state index in [0.717, 1.165) is 23.4 Å². The minimum absolute atomic E-state index is 0.247. The first-order chi connectivity index (χ1) is 16.3. The van der Waals surface area contributed by atoms with Crippen LogP contribution in [0.3, 0.4) is 0 Å². The van der Waals surface area contributed by atoms with Gasteiger partial charge in [0.05, 0.1) is 5.69 Å². The van der Waals surface area contributed by atoms with Gasteiger partial charge >= 0.3 is 0 Å². The Bertz CT molecular complexity index is 1440. The van der Waals surface area contributed by atoms with E-state index in [1.165, 1.54) is 33.9 Å². The number of anilines is 3. The lowest BCUT2D eigenvalue weighted by Gasteiger charge is -2.26. The van der Waals surface area contributed by atoms with Crippen LogP contribution >= 0.6 is 0 Å². The fourth-order valence-electron chi connectivity index (χ4n) is 4.74. The summed E-state index contributed by atoms with van der Waals surface area (Å²) in [6.45, 7) is 0. The fraction of sp³-hybridized carbons (Fsp3) is 0.0323. The largest absolute Gasteiger partial charge is 0.308 e. The van der Waals surface area contributed by atoms with Crippen LogP contribution in [-0.4, -0.2) is 0 Å². The summed E-state index contributed by atoms with van der Waals surface area (Å²) in [5, 5.41) is 0. The van der Waals surface area contributed by atoms with Gasteiger partial charge in [0, 0.05) is 11.4 Å². The average Bonchev–Trinajstić information content (AvgIpc) is 3.24. The molecule has 1 nitrogen and oxygen atoms in total. The van der Waals surface area contributed by atoms with Gasteiger partial charge in [-0.1, -0.05) is 78.9 Å². The normalized spacial score (nSPS) is 11.7. The number of halogens is 1. The molecule has 0 amide bonds. The fourth-order valence-corrected chi connectivity index (χ4v) is 4.74. The van der Waals surface area contributed by atoms with Crippen molar-refractivity contribution < 1.29 is 4.39 Å². The molecule has 0 atom stereocenters. The minimum atomic E-state index is -0.247. The standard InChI is InChI=1S/C31H22FN/c32-30-12-6-7-13-31(30)33(26-9-2-1-3-10-26)27-18-16-22(17-19-27)23-14-15-25-20-24-8-4-5-11-28(24)29(25)21-23/h1-19,21H,20H2. The van der Waals surface area contributed by atoms with E-state index >= 15 is 0 Å². The molecule has 1 aliphatic rings. The summed E-state index contributed by atoms with van der Waals surface area (Å²) in [4.78, 5) is 1.96. The molecule has 5 aromatic carbocycles. The third kappa shape index (κ3) is 3.50. The van der Waals surface area contributed by atoms with E-state index in [1.54, 1.807) is 6.07 Å².